The Hall–Kier alpha value is -6.48. The SMILES string of the molecule is c1ccc2cc(-c3ccc(N(c4ccc(-c5ccc6ccccc6c5)cc4)c4ccc(-c5cc6c(ccc7ccccc76)s5)cc4)cc3)ccc2c1. The molecule has 0 aliphatic heterocycles. The van der Waals surface area contributed by atoms with E-state index in [-0.39, 0.29) is 0 Å². The van der Waals surface area contributed by atoms with E-state index in [0.29, 0.717) is 0 Å². The van der Waals surface area contributed by atoms with Gasteiger partial charge in [-0.3, -0.25) is 0 Å². The Morgan fingerprint density at radius 2 is 0.712 bits per heavy atom. The first-order valence-corrected chi connectivity index (χ1v) is 18.6. The average Bonchev–Trinajstić information content (AvgIpc) is 3.67. The summed E-state index contributed by atoms with van der Waals surface area (Å²) in [6.07, 6.45) is 0. The lowest BCUT2D eigenvalue weighted by Crippen LogP contribution is -2.09. The monoisotopic (exact) mass is 679 g/mol. The second-order valence-corrected chi connectivity index (χ2v) is 14.5. The minimum Gasteiger partial charge on any atom is -0.311 e. The average molecular weight is 680 g/mol. The molecular weight excluding hydrogens is 647 g/mol. The molecule has 52 heavy (non-hydrogen) atoms. The Morgan fingerprint density at radius 3 is 1.25 bits per heavy atom. The lowest BCUT2D eigenvalue weighted by molar-refractivity contribution is 1.28. The van der Waals surface area contributed by atoms with Gasteiger partial charge < -0.3 is 4.90 Å². The minimum absolute atomic E-state index is 1.11. The summed E-state index contributed by atoms with van der Waals surface area (Å²) < 4.78 is 1.32. The molecule has 0 spiro atoms. The molecule has 0 saturated carbocycles. The fourth-order valence-corrected chi connectivity index (χ4v) is 8.58. The summed E-state index contributed by atoms with van der Waals surface area (Å²) in [6, 6.07) is 73.0. The zero-order valence-corrected chi connectivity index (χ0v) is 29.2. The molecular formula is C50H33NS. The molecule has 1 nitrogen and oxygen atoms in total. The topological polar surface area (TPSA) is 3.24 Å². The summed E-state index contributed by atoms with van der Waals surface area (Å²) in [5, 5.41) is 8.94. The number of hydrogen-bond donors (Lipinski definition) is 0. The van der Waals surface area contributed by atoms with Crippen molar-refractivity contribution in [3.63, 3.8) is 0 Å². The number of rotatable bonds is 6. The van der Waals surface area contributed by atoms with Crippen molar-refractivity contribution < 1.29 is 0 Å². The summed E-state index contributed by atoms with van der Waals surface area (Å²) in [5.41, 5.74) is 9.42. The van der Waals surface area contributed by atoms with Crippen molar-refractivity contribution in [3.8, 4) is 32.7 Å². The van der Waals surface area contributed by atoms with Crippen LogP contribution in [0, 0.1) is 0 Å². The molecule has 0 radical (unpaired) electrons. The normalized spacial score (nSPS) is 11.5. The number of thiophene rings is 1. The highest BCUT2D eigenvalue weighted by molar-refractivity contribution is 7.22. The van der Waals surface area contributed by atoms with Crippen LogP contribution < -0.4 is 4.90 Å². The molecule has 0 aliphatic rings. The van der Waals surface area contributed by atoms with Crippen molar-refractivity contribution >= 4 is 70.8 Å². The van der Waals surface area contributed by atoms with Crippen LogP contribution in [0.4, 0.5) is 17.1 Å². The van der Waals surface area contributed by atoms with Crippen LogP contribution in [0.5, 0.6) is 0 Å². The number of hydrogen-bond acceptors (Lipinski definition) is 2. The second kappa shape index (κ2) is 12.7. The molecule has 0 unspecified atom stereocenters. The molecule has 0 N–H and O–H groups in total. The molecule has 0 fully saturated rings. The molecule has 9 aromatic carbocycles. The Labute approximate surface area is 307 Å². The van der Waals surface area contributed by atoms with Gasteiger partial charge in [0.1, 0.15) is 0 Å². The molecule has 10 rings (SSSR count). The smallest absolute Gasteiger partial charge is 0.0462 e. The van der Waals surface area contributed by atoms with Crippen molar-refractivity contribution in [2.24, 2.45) is 0 Å². The summed E-state index contributed by atoms with van der Waals surface area (Å²) in [4.78, 5) is 3.64. The highest BCUT2D eigenvalue weighted by atomic mass is 32.1. The van der Waals surface area contributed by atoms with Gasteiger partial charge >= 0.3 is 0 Å². The van der Waals surface area contributed by atoms with Gasteiger partial charge in [0, 0.05) is 32.0 Å². The number of anilines is 3. The zero-order valence-electron chi connectivity index (χ0n) is 28.4. The molecule has 244 valence electrons. The third-order valence-corrected chi connectivity index (χ3v) is 11.4. The quantitative estimate of drug-likeness (QED) is 0.169. The molecule has 1 heterocycles. The van der Waals surface area contributed by atoms with Crippen molar-refractivity contribution in [2.75, 3.05) is 4.90 Å². The van der Waals surface area contributed by atoms with Gasteiger partial charge in [-0.15, -0.1) is 11.3 Å². The number of fused-ring (bicyclic) bond motifs is 5. The van der Waals surface area contributed by atoms with Crippen LogP contribution in [0.25, 0.3) is 75.1 Å². The van der Waals surface area contributed by atoms with Gasteiger partial charge in [-0.2, -0.15) is 0 Å². The van der Waals surface area contributed by atoms with Crippen molar-refractivity contribution in [2.45, 2.75) is 0 Å². The molecule has 10 aromatic rings. The van der Waals surface area contributed by atoms with Crippen molar-refractivity contribution in [3.05, 3.63) is 200 Å². The maximum atomic E-state index is 2.36. The lowest BCUT2D eigenvalue weighted by Gasteiger charge is -2.26. The maximum absolute atomic E-state index is 2.36. The van der Waals surface area contributed by atoms with Crippen LogP contribution in [0.15, 0.2) is 200 Å². The van der Waals surface area contributed by atoms with E-state index in [1.165, 1.54) is 75.1 Å². The minimum atomic E-state index is 1.11. The van der Waals surface area contributed by atoms with Crippen LogP contribution in [0.1, 0.15) is 0 Å². The van der Waals surface area contributed by atoms with Gasteiger partial charge in [0.2, 0.25) is 0 Å². The van der Waals surface area contributed by atoms with Crippen LogP contribution in [-0.4, -0.2) is 0 Å². The Bertz CT molecular complexity index is 2760. The second-order valence-electron chi connectivity index (χ2n) is 13.4. The van der Waals surface area contributed by atoms with E-state index in [9.17, 15) is 0 Å². The summed E-state index contributed by atoms with van der Waals surface area (Å²) in [7, 11) is 0. The van der Waals surface area contributed by atoms with E-state index in [1.807, 2.05) is 11.3 Å². The molecule has 0 bridgehead atoms. The molecule has 0 saturated heterocycles. The van der Waals surface area contributed by atoms with Gasteiger partial charge in [-0.1, -0.05) is 140 Å². The standard InChI is InChI=1S/C50H33NS/c1-3-10-40-31-42(15-13-34(40)7-1)36-17-24-44(25-18-36)51(45-26-19-37(20-27-45)43-16-14-35-8-2-4-11-41(35)32-43)46-28-21-39(22-29-46)50-33-48-47-12-6-5-9-38(47)23-30-49(48)52-50/h1-33H. The molecule has 0 atom stereocenters. The highest BCUT2D eigenvalue weighted by Gasteiger charge is 2.15. The van der Waals surface area contributed by atoms with Gasteiger partial charge in [-0.05, 0) is 121 Å². The molecule has 0 amide bonds. The van der Waals surface area contributed by atoms with Gasteiger partial charge in [0.15, 0.2) is 0 Å². The Morgan fingerprint density at radius 1 is 0.288 bits per heavy atom. The lowest BCUT2D eigenvalue weighted by atomic mass is 10.00. The number of nitrogens with zero attached hydrogens (tertiary/aromatic N) is 1. The Kier molecular flexibility index (Phi) is 7.41. The van der Waals surface area contributed by atoms with E-state index in [2.05, 4.69) is 205 Å². The maximum Gasteiger partial charge on any atom is 0.0462 e. The highest BCUT2D eigenvalue weighted by Crippen LogP contribution is 2.41. The summed E-state index contributed by atoms with van der Waals surface area (Å²) in [5.74, 6) is 0. The van der Waals surface area contributed by atoms with Crippen molar-refractivity contribution in [1.29, 1.82) is 0 Å². The summed E-state index contributed by atoms with van der Waals surface area (Å²) in [6.45, 7) is 0. The number of benzene rings is 9. The Balaban J connectivity index is 1.02. The summed E-state index contributed by atoms with van der Waals surface area (Å²) >= 11 is 1.86. The van der Waals surface area contributed by atoms with Gasteiger partial charge in [0.05, 0.1) is 0 Å². The van der Waals surface area contributed by atoms with E-state index < -0.39 is 0 Å². The largest absolute Gasteiger partial charge is 0.311 e. The predicted molar refractivity (Wildman–Crippen MR) is 225 cm³/mol. The van der Waals surface area contributed by atoms with Crippen molar-refractivity contribution in [1.82, 2.24) is 0 Å². The van der Waals surface area contributed by atoms with E-state index >= 15 is 0 Å². The third-order valence-electron chi connectivity index (χ3n) is 10.3. The first-order chi connectivity index (χ1) is 25.7. The van der Waals surface area contributed by atoms with Gasteiger partial charge in [0.25, 0.3) is 0 Å². The zero-order chi connectivity index (χ0) is 34.4. The van der Waals surface area contributed by atoms with E-state index in [4.69, 9.17) is 0 Å². The predicted octanol–water partition coefficient (Wildman–Crippen LogP) is 14.8. The van der Waals surface area contributed by atoms with E-state index in [0.717, 1.165) is 17.1 Å². The van der Waals surface area contributed by atoms with Crippen LogP contribution in [-0.2, 0) is 0 Å². The fourth-order valence-electron chi connectivity index (χ4n) is 7.50. The van der Waals surface area contributed by atoms with E-state index in [1.54, 1.807) is 0 Å². The first kappa shape index (κ1) is 30.4. The van der Waals surface area contributed by atoms with Crippen LogP contribution in [0.2, 0.25) is 0 Å². The molecule has 1 aromatic heterocycles. The fraction of sp³-hybridized carbons (Fsp3) is 0. The first-order valence-electron chi connectivity index (χ1n) is 17.7. The van der Waals surface area contributed by atoms with Crippen LogP contribution >= 0.6 is 11.3 Å². The third kappa shape index (κ3) is 5.51. The van der Waals surface area contributed by atoms with Gasteiger partial charge in [-0.25, -0.2) is 0 Å². The molecule has 0 aliphatic carbocycles. The van der Waals surface area contributed by atoms with Crippen LogP contribution in [0.3, 0.4) is 0 Å². The molecule has 2 heteroatoms.